The minimum atomic E-state index is -0.413. The first-order valence-electron chi connectivity index (χ1n) is 10.5. The number of nitrogens with two attached hydrogens (primary N) is 1. The number of H-pyrrole nitrogens is 1. The number of nitrogens with one attached hydrogen (secondary N) is 1. The van der Waals surface area contributed by atoms with Crippen molar-refractivity contribution in [2.24, 2.45) is 21.9 Å². The topological polar surface area (TPSA) is 104 Å². The number of likely N-dealkylation sites (tertiary alicyclic amines) is 1. The predicted molar refractivity (Wildman–Crippen MR) is 132 cm³/mol. The van der Waals surface area contributed by atoms with E-state index in [1.54, 1.807) is 24.3 Å². The van der Waals surface area contributed by atoms with E-state index in [-0.39, 0.29) is 17.2 Å². The van der Waals surface area contributed by atoms with Crippen LogP contribution in [0.15, 0.2) is 63.4 Å². The number of pyridine rings is 1. The average Bonchev–Trinajstić information content (AvgIpc) is 3.29. The quantitative estimate of drug-likeness (QED) is 0.330. The Morgan fingerprint density at radius 1 is 1.27 bits per heavy atom. The van der Waals surface area contributed by atoms with Crippen LogP contribution in [0.25, 0.3) is 10.9 Å². The summed E-state index contributed by atoms with van der Waals surface area (Å²) >= 11 is 1.81. The molecule has 0 saturated carbocycles. The standard InChI is InChI=1S/C24H24FN5O2S/c1-33-14-15-8-9-30(13-15)24(32)16-2-5-19(6-3-16)27-12-22(29-26)20-11-17-10-18(25)4-7-21(17)28-23(20)31/h2-7,10-12,15H,8-9,13-14,26H2,1H3,(H,28,31). The maximum Gasteiger partial charge on any atom is 0.258 e. The molecule has 9 heteroatoms. The molecule has 0 radical (unpaired) electrons. The Morgan fingerprint density at radius 2 is 2.06 bits per heavy atom. The molecule has 170 valence electrons. The summed E-state index contributed by atoms with van der Waals surface area (Å²) in [4.78, 5) is 34.1. The molecule has 1 saturated heterocycles. The summed E-state index contributed by atoms with van der Waals surface area (Å²) in [5.74, 6) is 6.72. The summed E-state index contributed by atoms with van der Waals surface area (Å²) in [7, 11) is 0. The molecule has 3 aromatic rings. The number of carbonyl (C=O) groups excluding carboxylic acids is 1. The first-order valence-corrected chi connectivity index (χ1v) is 11.9. The molecule has 1 atom stereocenters. The number of aromatic nitrogens is 1. The van der Waals surface area contributed by atoms with Crippen molar-refractivity contribution in [3.8, 4) is 0 Å². The SMILES string of the molecule is CSCC1CCN(C(=O)c2ccc(N=CC(=NN)c3cc4cc(F)ccc4[nH]c3=O)cc2)C1. The first-order chi connectivity index (χ1) is 16.0. The average molecular weight is 466 g/mol. The molecule has 1 amide bonds. The Balaban J connectivity index is 1.49. The predicted octanol–water partition coefficient (Wildman–Crippen LogP) is 3.56. The molecule has 4 rings (SSSR count). The molecule has 7 nitrogen and oxygen atoms in total. The fourth-order valence-electron chi connectivity index (χ4n) is 3.94. The van der Waals surface area contributed by atoms with E-state index in [0.29, 0.717) is 28.1 Å². The van der Waals surface area contributed by atoms with Crippen molar-refractivity contribution < 1.29 is 9.18 Å². The Morgan fingerprint density at radius 3 is 2.79 bits per heavy atom. The van der Waals surface area contributed by atoms with Crippen molar-refractivity contribution in [2.75, 3.05) is 25.1 Å². The van der Waals surface area contributed by atoms with E-state index < -0.39 is 11.4 Å². The lowest BCUT2D eigenvalue weighted by Gasteiger charge is -2.16. The van der Waals surface area contributed by atoms with Gasteiger partial charge in [0.05, 0.1) is 17.5 Å². The summed E-state index contributed by atoms with van der Waals surface area (Å²) in [6, 6.07) is 12.6. The number of nitrogens with zero attached hydrogens (tertiary/aromatic N) is 3. The Kier molecular flexibility index (Phi) is 6.88. The summed E-state index contributed by atoms with van der Waals surface area (Å²) in [5.41, 5.74) is 1.63. The van der Waals surface area contributed by atoms with Crippen LogP contribution in [-0.4, -0.2) is 52.8 Å². The molecule has 2 heterocycles. The van der Waals surface area contributed by atoms with Gasteiger partial charge in [0, 0.05) is 29.6 Å². The van der Waals surface area contributed by atoms with Crippen LogP contribution in [0.1, 0.15) is 22.3 Å². The number of carbonyl (C=O) groups is 1. The third kappa shape index (κ3) is 5.14. The lowest BCUT2D eigenvalue weighted by Crippen LogP contribution is -2.28. The fraction of sp³-hybridized carbons (Fsp3) is 0.250. The van der Waals surface area contributed by atoms with Gasteiger partial charge < -0.3 is 15.7 Å². The monoisotopic (exact) mass is 465 g/mol. The van der Waals surface area contributed by atoms with Crippen LogP contribution < -0.4 is 11.4 Å². The summed E-state index contributed by atoms with van der Waals surface area (Å²) in [6.45, 7) is 1.57. The summed E-state index contributed by atoms with van der Waals surface area (Å²) < 4.78 is 13.6. The van der Waals surface area contributed by atoms with Gasteiger partial charge in [-0.25, -0.2) is 4.39 Å². The van der Waals surface area contributed by atoms with Crippen LogP contribution in [0.5, 0.6) is 0 Å². The van der Waals surface area contributed by atoms with Gasteiger partial charge in [-0.2, -0.15) is 16.9 Å². The van der Waals surface area contributed by atoms with Crippen molar-refractivity contribution in [1.82, 2.24) is 9.88 Å². The number of aliphatic imine (C=N–C) groups is 1. The zero-order chi connectivity index (χ0) is 23.4. The molecule has 0 aliphatic carbocycles. The van der Waals surface area contributed by atoms with Crippen molar-refractivity contribution >= 4 is 46.2 Å². The fourth-order valence-corrected chi connectivity index (χ4v) is 4.68. The van der Waals surface area contributed by atoms with Crippen LogP contribution in [0.4, 0.5) is 10.1 Å². The van der Waals surface area contributed by atoms with E-state index in [2.05, 4.69) is 21.3 Å². The van der Waals surface area contributed by atoms with E-state index in [9.17, 15) is 14.0 Å². The number of aromatic amines is 1. The van der Waals surface area contributed by atoms with Crippen LogP contribution in [0.2, 0.25) is 0 Å². The van der Waals surface area contributed by atoms with E-state index in [1.165, 1.54) is 30.5 Å². The van der Waals surface area contributed by atoms with Gasteiger partial charge in [0.2, 0.25) is 0 Å². The number of hydrogen-bond acceptors (Lipinski definition) is 6. The first kappa shape index (κ1) is 22.7. The van der Waals surface area contributed by atoms with Gasteiger partial charge in [-0.3, -0.25) is 14.6 Å². The van der Waals surface area contributed by atoms with Crippen LogP contribution >= 0.6 is 11.8 Å². The maximum atomic E-state index is 13.6. The van der Waals surface area contributed by atoms with E-state index in [0.717, 1.165) is 25.3 Å². The molecule has 1 aliphatic rings. The number of fused-ring (bicyclic) bond motifs is 1. The molecule has 1 unspecified atom stereocenters. The number of hydrogen-bond donors (Lipinski definition) is 2. The Hall–Kier alpha value is -3.46. The largest absolute Gasteiger partial charge is 0.338 e. The highest BCUT2D eigenvalue weighted by molar-refractivity contribution is 7.98. The number of amides is 1. The maximum absolute atomic E-state index is 13.6. The zero-order valence-corrected chi connectivity index (χ0v) is 18.9. The van der Waals surface area contributed by atoms with Gasteiger partial charge in [0.15, 0.2) is 0 Å². The molecular formula is C24H24FN5O2S. The van der Waals surface area contributed by atoms with Crippen LogP contribution in [-0.2, 0) is 0 Å². The van der Waals surface area contributed by atoms with Crippen LogP contribution in [0.3, 0.4) is 0 Å². The normalized spacial score (nSPS) is 16.7. The third-order valence-electron chi connectivity index (χ3n) is 5.65. The lowest BCUT2D eigenvalue weighted by molar-refractivity contribution is 0.0788. The van der Waals surface area contributed by atoms with Crippen LogP contribution in [0, 0.1) is 11.7 Å². The van der Waals surface area contributed by atoms with E-state index >= 15 is 0 Å². The minimum absolute atomic E-state index is 0.0215. The van der Waals surface area contributed by atoms with Gasteiger partial charge in [-0.05, 0) is 72.9 Å². The molecule has 1 aliphatic heterocycles. The van der Waals surface area contributed by atoms with Gasteiger partial charge >= 0.3 is 0 Å². The van der Waals surface area contributed by atoms with E-state index in [1.807, 2.05) is 16.7 Å². The lowest BCUT2D eigenvalue weighted by atomic mass is 10.1. The highest BCUT2D eigenvalue weighted by atomic mass is 32.2. The Labute approximate surface area is 194 Å². The molecule has 33 heavy (non-hydrogen) atoms. The van der Waals surface area contributed by atoms with Crippen molar-refractivity contribution in [2.45, 2.75) is 6.42 Å². The van der Waals surface area contributed by atoms with Crippen molar-refractivity contribution in [3.05, 3.63) is 75.8 Å². The van der Waals surface area contributed by atoms with Crippen molar-refractivity contribution in [1.29, 1.82) is 0 Å². The van der Waals surface area contributed by atoms with E-state index in [4.69, 9.17) is 5.84 Å². The zero-order valence-electron chi connectivity index (χ0n) is 18.1. The van der Waals surface area contributed by atoms with Gasteiger partial charge in [0.1, 0.15) is 11.5 Å². The van der Waals surface area contributed by atoms with Gasteiger partial charge in [-0.15, -0.1) is 0 Å². The number of halogens is 1. The second-order valence-electron chi connectivity index (χ2n) is 7.92. The number of benzene rings is 2. The summed E-state index contributed by atoms with van der Waals surface area (Å²) in [5, 5.41) is 4.19. The van der Waals surface area contributed by atoms with Crippen molar-refractivity contribution in [3.63, 3.8) is 0 Å². The van der Waals surface area contributed by atoms with Gasteiger partial charge in [-0.1, -0.05) is 0 Å². The number of hydrazone groups is 1. The molecule has 0 bridgehead atoms. The highest BCUT2D eigenvalue weighted by Gasteiger charge is 2.26. The molecule has 0 spiro atoms. The summed E-state index contributed by atoms with van der Waals surface area (Å²) in [6.07, 6.45) is 4.50. The minimum Gasteiger partial charge on any atom is -0.338 e. The number of rotatable bonds is 6. The second kappa shape index (κ2) is 9.99. The second-order valence-corrected chi connectivity index (χ2v) is 8.84. The molecular weight excluding hydrogens is 441 g/mol. The Bertz CT molecular complexity index is 1290. The molecule has 2 aromatic carbocycles. The smallest absolute Gasteiger partial charge is 0.258 e. The third-order valence-corrected chi connectivity index (χ3v) is 6.45. The molecule has 1 fully saturated rings. The molecule has 3 N–H and O–H groups in total. The number of thioether (sulfide) groups is 1. The van der Waals surface area contributed by atoms with Gasteiger partial charge in [0.25, 0.3) is 11.5 Å². The molecule has 1 aromatic heterocycles. The highest BCUT2D eigenvalue weighted by Crippen LogP contribution is 2.22.